The van der Waals surface area contributed by atoms with Crippen LogP contribution in [0.4, 0.5) is 11.4 Å². The summed E-state index contributed by atoms with van der Waals surface area (Å²) in [6.45, 7) is 1.94. The zero-order chi connectivity index (χ0) is 15.0. The quantitative estimate of drug-likeness (QED) is 0.896. The molecule has 0 saturated carbocycles. The van der Waals surface area contributed by atoms with Gasteiger partial charge in [-0.1, -0.05) is 29.8 Å². The second kappa shape index (κ2) is 6.59. The third kappa shape index (κ3) is 3.06. The fourth-order valence-corrected chi connectivity index (χ4v) is 2.76. The molecule has 1 N–H and O–H groups in total. The van der Waals surface area contributed by atoms with Crippen LogP contribution in [0, 0.1) is 6.92 Å². The molecule has 5 heteroatoms. The largest absolute Gasteiger partial charge is 0.373 e. The number of anilines is 2. The number of likely N-dealkylation sites (N-methyl/N-ethyl adjacent to an activating group) is 1. The molecule has 0 fully saturated rings. The number of fused-ring (bicyclic) bond motifs is 1. The van der Waals surface area contributed by atoms with Crippen molar-refractivity contribution in [2.75, 3.05) is 17.3 Å². The van der Waals surface area contributed by atoms with Gasteiger partial charge in [-0.2, -0.15) is 0 Å². The third-order valence-corrected chi connectivity index (χ3v) is 4.35. The van der Waals surface area contributed by atoms with Crippen molar-refractivity contribution < 1.29 is 4.79 Å². The molecular weight excluding hydrogens is 319 g/mol. The number of benzene rings is 2. The van der Waals surface area contributed by atoms with Gasteiger partial charge in [-0.05, 0) is 42.3 Å². The van der Waals surface area contributed by atoms with Gasteiger partial charge < -0.3 is 10.2 Å². The number of amides is 1. The van der Waals surface area contributed by atoms with Gasteiger partial charge in [0.05, 0.1) is 0 Å². The maximum absolute atomic E-state index is 12.6. The lowest BCUT2D eigenvalue weighted by Crippen LogP contribution is -2.39. The molecular formula is C17H18Cl2N2O. The molecule has 0 spiro atoms. The van der Waals surface area contributed by atoms with Gasteiger partial charge in [-0.3, -0.25) is 4.79 Å². The van der Waals surface area contributed by atoms with E-state index in [1.165, 1.54) is 5.56 Å². The number of carbonyl (C=O) groups excluding carboxylic acids is 1. The highest BCUT2D eigenvalue weighted by Gasteiger charge is 2.29. The number of hydrogen-bond donors (Lipinski definition) is 1. The lowest BCUT2D eigenvalue weighted by molar-refractivity contribution is -0.118. The topological polar surface area (TPSA) is 32.3 Å². The molecule has 0 aliphatic carbocycles. The average Bonchev–Trinajstić information content (AvgIpc) is 2.92. The highest BCUT2D eigenvalue weighted by molar-refractivity contribution is 6.31. The molecule has 1 aliphatic heterocycles. The molecule has 2 aromatic carbocycles. The molecule has 3 nitrogen and oxygen atoms in total. The Morgan fingerprint density at radius 1 is 1.27 bits per heavy atom. The minimum atomic E-state index is -0.205. The van der Waals surface area contributed by atoms with Crippen molar-refractivity contribution >= 4 is 41.3 Å². The first-order valence-electron chi connectivity index (χ1n) is 6.94. The smallest absolute Gasteiger partial charge is 0.249 e. The van der Waals surface area contributed by atoms with Gasteiger partial charge in [0.2, 0.25) is 5.91 Å². The molecule has 0 bridgehead atoms. The van der Waals surface area contributed by atoms with Crippen LogP contribution in [-0.4, -0.2) is 19.0 Å². The fourth-order valence-electron chi connectivity index (χ4n) is 2.65. The normalized spacial score (nSPS) is 15.5. The summed E-state index contributed by atoms with van der Waals surface area (Å²) in [6, 6.07) is 13.5. The van der Waals surface area contributed by atoms with E-state index < -0.39 is 0 Å². The van der Waals surface area contributed by atoms with Crippen molar-refractivity contribution in [2.45, 2.75) is 19.4 Å². The zero-order valence-corrected chi connectivity index (χ0v) is 14.0. The number of rotatable bonds is 2. The molecule has 3 rings (SSSR count). The summed E-state index contributed by atoms with van der Waals surface area (Å²) < 4.78 is 0. The van der Waals surface area contributed by atoms with E-state index in [9.17, 15) is 4.79 Å². The lowest BCUT2D eigenvalue weighted by atomic mass is 10.1. The maximum Gasteiger partial charge on any atom is 0.249 e. The predicted molar refractivity (Wildman–Crippen MR) is 94.4 cm³/mol. The van der Waals surface area contributed by atoms with E-state index in [0.29, 0.717) is 5.02 Å². The van der Waals surface area contributed by atoms with Crippen LogP contribution in [0.1, 0.15) is 11.1 Å². The van der Waals surface area contributed by atoms with Crippen LogP contribution in [0.15, 0.2) is 42.5 Å². The second-order valence-corrected chi connectivity index (χ2v) is 5.80. The number of nitrogens with zero attached hydrogens (tertiary/aromatic N) is 1. The molecule has 1 atom stereocenters. The number of para-hydroxylation sites is 1. The monoisotopic (exact) mass is 336 g/mol. The second-order valence-electron chi connectivity index (χ2n) is 5.39. The van der Waals surface area contributed by atoms with Crippen LogP contribution < -0.4 is 10.2 Å². The first-order chi connectivity index (χ1) is 10.1. The SMILES string of the molecule is Cc1cc(N(C)C(=O)[C@@H]2Cc3ccccc3N2)ccc1Cl.Cl. The highest BCUT2D eigenvalue weighted by Crippen LogP contribution is 2.28. The predicted octanol–water partition coefficient (Wildman–Crippen LogP) is 4.07. The van der Waals surface area contributed by atoms with Gasteiger partial charge in [-0.25, -0.2) is 0 Å². The standard InChI is InChI=1S/C17H17ClN2O.ClH/c1-11-9-13(7-8-14(11)18)20(2)17(21)16-10-12-5-3-4-6-15(12)19-16;/h3-9,16,19H,10H2,1-2H3;1H/t16-;/m0./s1. The van der Waals surface area contributed by atoms with Crippen molar-refractivity contribution in [2.24, 2.45) is 0 Å². The minimum Gasteiger partial charge on any atom is -0.373 e. The van der Waals surface area contributed by atoms with E-state index >= 15 is 0 Å². The first-order valence-corrected chi connectivity index (χ1v) is 7.32. The zero-order valence-electron chi connectivity index (χ0n) is 12.5. The fraction of sp³-hybridized carbons (Fsp3) is 0.235. The van der Waals surface area contributed by atoms with Crippen LogP contribution in [0.3, 0.4) is 0 Å². The van der Waals surface area contributed by atoms with Crippen molar-refractivity contribution in [3.63, 3.8) is 0 Å². The molecule has 22 heavy (non-hydrogen) atoms. The van der Waals surface area contributed by atoms with Gasteiger partial charge in [0.1, 0.15) is 6.04 Å². The number of nitrogens with one attached hydrogen (secondary N) is 1. The average molecular weight is 337 g/mol. The van der Waals surface area contributed by atoms with Gasteiger partial charge in [0.25, 0.3) is 0 Å². The van der Waals surface area contributed by atoms with Crippen molar-refractivity contribution in [3.8, 4) is 0 Å². The Morgan fingerprint density at radius 3 is 2.68 bits per heavy atom. The first kappa shape index (κ1) is 16.7. The molecule has 2 aromatic rings. The highest BCUT2D eigenvalue weighted by atomic mass is 35.5. The summed E-state index contributed by atoms with van der Waals surface area (Å²) in [7, 11) is 1.80. The van der Waals surface area contributed by atoms with E-state index in [4.69, 9.17) is 11.6 Å². The Labute approximate surface area is 141 Å². The number of carbonyl (C=O) groups is 1. The van der Waals surface area contributed by atoms with E-state index in [-0.39, 0.29) is 24.4 Å². The van der Waals surface area contributed by atoms with E-state index in [0.717, 1.165) is 23.4 Å². The molecule has 0 unspecified atom stereocenters. The van der Waals surface area contributed by atoms with Crippen LogP contribution in [0.25, 0.3) is 0 Å². The van der Waals surface area contributed by atoms with Crippen LogP contribution in [0.5, 0.6) is 0 Å². The number of halogens is 2. The van der Waals surface area contributed by atoms with E-state index in [1.807, 2.05) is 43.3 Å². The lowest BCUT2D eigenvalue weighted by Gasteiger charge is -2.22. The van der Waals surface area contributed by atoms with Crippen LogP contribution in [0.2, 0.25) is 5.02 Å². The Kier molecular flexibility index (Phi) is 4.99. The van der Waals surface area contributed by atoms with Gasteiger partial charge in [0.15, 0.2) is 0 Å². The molecule has 0 aromatic heterocycles. The molecule has 0 saturated heterocycles. The van der Waals surface area contributed by atoms with Gasteiger partial charge in [0, 0.05) is 29.9 Å². The van der Waals surface area contributed by atoms with Crippen LogP contribution in [-0.2, 0) is 11.2 Å². The summed E-state index contributed by atoms with van der Waals surface area (Å²) in [5.74, 6) is 0.0629. The van der Waals surface area contributed by atoms with Gasteiger partial charge >= 0.3 is 0 Å². The Balaban J connectivity index is 0.00000176. The van der Waals surface area contributed by atoms with Crippen molar-refractivity contribution in [1.82, 2.24) is 0 Å². The summed E-state index contributed by atoms with van der Waals surface area (Å²) >= 11 is 6.04. The van der Waals surface area contributed by atoms with Crippen molar-refractivity contribution in [1.29, 1.82) is 0 Å². The van der Waals surface area contributed by atoms with E-state index in [1.54, 1.807) is 11.9 Å². The Hall–Kier alpha value is -1.71. The summed E-state index contributed by atoms with van der Waals surface area (Å²) in [6.07, 6.45) is 0.728. The molecule has 0 radical (unpaired) electrons. The number of aryl methyl sites for hydroxylation is 1. The number of hydrogen-bond acceptors (Lipinski definition) is 2. The minimum absolute atomic E-state index is 0. The molecule has 1 heterocycles. The Bertz CT molecular complexity index is 678. The van der Waals surface area contributed by atoms with Crippen LogP contribution >= 0.6 is 24.0 Å². The van der Waals surface area contributed by atoms with E-state index in [2.05, 4.69) is 11.4 Å². The maximum atomic E-state index is 12.6. The van der Waals surface area contributed by atoms with Gasteiger partial charge in [-0.15, -0.1) is 12.4 Å². The van der Waals surface area contributed by atoms with Crippen molar-refractivity contribution in [3.05, 3.63) is 58.6 Å². The molecule has 1 amide bonds. The summed E-state index contributed by atoms with van der Waals surface area (Å²) in [4.78, 5) is 14.3. The summed E-state index contributed by atoms with van der Waals surface area (Å²) in [5, 5.41) is 4.01. The Morgan fingerprint density at radius 2 is 2.00 bits per heavy atom. The third-order valence-electron chi connectivity index (χ3n) is 3.93. The molecule has 116 valence electrons. The molecule has 1 aliphatic rings. The summed E-state index contributed by atoms with van der Waals surface area (Å²) in [5.41, 5.74) is 4.07.